The van der Waals surface area contributed by atoms with Crippen molar-refractivity contribution in [3.8, 4) is 0 Å². The number of aliphatic hydroxyl groups is 2. The molecule has 0 aliphatic heterocycles. The van der Waals surface area contributed by atoms with Crippen LogP contribution in [0.3, 0.4) is 0 Å². The van der Waals surface area contributed by atoms with E-state index in [2.05, 4.69) is 0 Å². The van der Waals surface area contributed by atoms with Gasteiger partial charge >= 0.3 is 0 Å². The second-order valence-corrected chi connectivity index (χ2v) is 4.04. The Balaban J connectivity index is 2.65. The molecule has 0 saturated heterocycles. The van der Waals surface area contributed by atoms with Crippen molar-refractivity contribution in [2.24, 2.45) is 5.92 Å². The number of hydrogen-bond acceptors (Lipinski definition) is 4. The first-order valence-electron chi connectivity index (χ1n) is 4.88. The van der Waals surface area contributed by atoms with Gasteiger partial charge < -0.3 is 20.1 Å². The van der Waals surface area contributed by atoms with Gasteiger partial charge in [0.15, 0.2) is 0 Å². The molecule has 84 valence electrons. The lowest BCUT2D eigenvalue weighted by molar-refractivity contribution is -0.315. The monoisotopic (exact) mass is 219 g/mol. The summed E-state index contributed by atoms with van der Waals surface area (Å²) in [6.07, 6.45) is 1.11. The minimum absolute atomic E-state index is 0.142. The number of benzene rings is 1. The molecule has 0 spiro atoms. The molecular formula is C12H11O4-. The number of carboxylic acids is 1. The largest absolute Gasteiger partial charge is 0.549 e. The first-order chi connectivity index (χ1) is 7.44. The van der Waals surface area contributed by atoms with E-state index in [0.717, 1.165) is 6.08 Å². The highest BCUT2D eigenvalue weighted by Crippen LogP contribution is 2.39. The summed E-state index contributed by atoms with van der Waals surface area (Å²) in [5, 5.41) is 30.8. The molecule has 2 unspecified atom stereocenters. The third-order valence-corrected chi connectivity index (χ3v) is 2.93. The van der Waals surface area contributed by atoms with Gasteiger partial charge in [-0.25, -0.2) is 0 Å². The molecule has 2 N–H and O–H groups in total. The van der Waals surface area contributed by atoms with E-state index in [1.165, 1.54) is 6.92 Å². The first-order valence-corrected chi connectivity index (χ1v) is 4.88. The molecule has 4 nitrogen and oxygen atoms in total. The second kappa shape index (κ2) is 3.35. The Labute approximate surface area is 92.5 Å². The zero-order valence-corrected chi connectivity index (χ0v) is 8.68. The fraction of sp³-hybridized carbons (Fsp3) is 0.250. The van der Waals surface area contributed by atoms with E-state index in [-0.39, 0.29) is 5.76 Å². The van der Waals surface area contributed by atoms with Crippen LogP contribution in [0.1, 0.15) is 18.1 Å². The average Bonchev–Trinajstić information content (AvgIpc) is 2.23. The smallest absolute Gasteiger partial charge is 0.119 e. The maximum atomic E-state index is 10.9. The normalized spacial score (nSPS) is 28.1. The van der Waals surface area contributed by atoms with E-state index in [4.69, 9.17) is 0 Å². The Kier molecular flexibility index (Phi) is 2.24. The van der Waals surface area contributed by atoms with Crippen molar-refractivity contribution in [2.75, 3.05) is 0 Å². The number of hydrogen-bond donors (Lipinski definition) is 2. The highest BCUT2D eigenvalue weighted by Gasteiger charge is 2.39. The molecule has 16 heavy (non-hydrogen) atoms. The van der Waals surface area contributed by atoms with Crippen LogP contribution in [0.15, 0.2) is 30.3 Å². The molecule has 1 aromatic rings. The maximum absolute atomic E-state index is 10.9. The van der Waals surface area contributed by atoms with Gasteiger partial charge in [0.05, 0.1) is 17.5 Å². The van der Waals surface area contributed by atoms with Crippen LogP contribution in [0, 0.1) is 5.92 Å². The zero-order valence-electron chi connectivity index (χ0n) is 8.68. The first kappa shape index (κ1) is 10.7. The number of carboxylic acid groups (broad SMARTS) is 1. The molecule has 4 heteroatoms. The lowest BCUT2D eigenvalue weighted by atomic mass is 9.76. The van der Waals surface area contributed by atoms with Crippen LogP contribution in [0.4, 0.5) is 0 Å². The fourth-order valence-electron chi connectivity index (χ4n) is 2.02. The fourth-order valence-corrected chi connectivity index (χ4v) is 2.02. The quantitative estimate of drug-likeness (QED) is 0.705. The Hall–Kier alpha value is -1.81. The van der Waals surface area contributed by atoms with Gasteiger partial charge in [0, 0.05) is 5.56 Å². The van der Waals surface area contributed by atoms with Gasteiger partial charge in [-0.1, -0.05) is 24.3 Å². The van der Waals surface area contributed by atoms with E-state index < -0.39 is 17.5 Å². The molecule has 1 aromatic carbocycles. The number of fused-ring (bicyclic) bond motifs is 1. The molecule has 0 aromatic heterocycles. The van der Waals surface area contributed by atoms with E-state index in [9.17, 15) is 20.1 Å². The van der Waals surface area contributed by atoms with Gasteiger partial charge in [0.25, 0.3) is 0 Å². The van der Waals surface area contributed by atoms with Crippen LogP contribution < -0.4 is 5.11 Å². The third kappa shape index (κ3) is 1.39. The molecule has 0 saturated carbocycles. The molecular weight excluding hydrogens is 208 g/mol. The van der Waals surface area contributed by atoms with Crippen molar-refractivity contribution >= 4 is 11.7 Å². The van der Waals surface area contributed by atoms with Gasteiger partial charge in [0.2, 0.25) is 0 Å². The van der Waals surface area contributed by atoms with Gasteiger partial charge in [0.1, 0.15) is 5.76 Å². The lowest BCUT2D eigenvalue weighted by Crippen LogP contribution is -2.45. The van der Waals surface area contributed by atoms with Crippen molar-refractivity contribution in [3.05, 3.63) is 41.5 Å². The SMILES string of the molecule is CC1(O)c2ccccc2C(O)=CC1C(=O)[O-]. The minimum atomic E-state index is -1.57. The predicted molar refractivity (Wildman–Crippen MR) is 55.1 cm³/mol. The summed E-state index contributed by atoms with van der Waals surface area (Å²) in [5.41, 5.74) is -0.726. The van der Waals surface area contributed by atoms with E-state index in [1.807, 2.05) is 0 Å². The lowest BCUT2D eigenvalue weighted by Gasteiger charge is -2.36. The molecule has 0 amide bonds. The molecule has 2 rings (SSSR count). The molecule has 2 atom stereocenters. The van der Waals surface area contributed by atoms with Gasteiger partial charge in [-0.05, 0) is 18.6 Å². The van der Waals surface area contributed by atoms with Gasteiger partial charge in [-0.3, -0.25) is 0 Å². The van der Waals surface area contributed by atoms with Crippen LogP contribution in [0.2, 0.25) is 0 Å². The summed E-state index contributed by atoms with van der Waals surface area (Å²) in [7, 11) is 0. The average molecular weight is 219 g/mol. The minimum Gasteiger partial charge on any atom is -0.549 e. The molecule has 1 aliphatic carbocycles. The number of carbonyl (C=O) groups is 1. The Morgan fingerprint density at radius 2 is 2.06 bits per heavy atom. The predicted octanol–water partition coefficient (Wildman–Crippen LogP) is 0.173. The van der Waals surface area contributed by atoms with Crippen molar-refractivity contribution in [1.82, 2.24) is 0 Å². The van der Waals surface area contributed by atoms with Crippen LogP contribution in [-0.2, 0) is 10.4 Å². The topological polar surface area (TPSA) is 80.6 Å². The maximum Gasteiger partial charge on any atom is 0.119 e. The number of carbonyl (C=O) groups excluding carboxylic acids is 1. The van der Waals surface area contributed by atoms with E-state index >= 15 is 0 Å². The van der Waals surface area contributed by atoms with Crippen LogP contribution >= 0.6 is 0 Å². The number of aliphatic carboxylic acids is 1. The Morgan fingerprint density at radius 3 is 2.69 bits per heavy atom. The standard InChI is InChI=1S/C12H12O4/c1-12(16)8-5-3-2-4-7(8)10(13)6-9(12)11(14)15/h2-6,9,13,16H,1H3,(H,14,15)/p-1. The zero-order chi connectivity index (χ0) is 11.9. The summed E-state index contributed by atoms with van der Waals surface area (Å²) in [5.74, 6) is -2.80. The molecule has 0 bridgehead atoms. The summed E-state index contributed by atoms with van der Waals surface area (Å²) < 4.78 is 0. The highest BCUT2D eigenvalue weighted by atomic mass is 16.4. The highest BCUT2D eigenvalue weighted by molar-refractivity contribution is 5.79. The van der Waals surface area contributed by atoms with E-state index in [1.54, 1.807) is 24.3 Å². The van der Waals surface area contributed by atoms with Crippen molar-refractivity contribution in [1.29, 1.82) is 0 Å². The summed E-state index contributed by atoms with van der Waals surface area (Å²) >= 11 is 0. The van der Waals surface area contributed by atoms with Gasteiger partial charge in [-0.2, -0.15) is 0 Å². The van der Waals surface area contributed by atoms with Crippen LogP contribution in [0.25, 0.3) is 5.76 Å². The molecule has 0 heterocycles. The van der Waals surface area contributed by atoms with Crippen LogP contribution in [-0.4, -0.2) is 16.2 Å². The number of rotatable bonds is 1. The van der Waals surface area contributed by atoms with Gasteiger partial charge in [-0.15, -0.1) is 0 Å². The van der Waals surface area contributed by atoms with Crippen molar-refractivity contribution in [2.45, 2.75) is 12.5 Å². The van der Waals surface area contributed by atoms with E-state index in [0.29, 0.717) is 11.1 Å². The summed E-state index contributed by atoms with van der Waals surface area (Å²) in [6, 6.07) is 6.60. The summed E-state index contributed by atoms with van der Waals surface area (Å²) in [6.45, 7) is 1.40. The molecule has 1 aliphatic rings. The summed E-state index contributed by atoms with van der Waals surface area (Å²) in [4.78, 5) is 10.9. The van der Waals surface area contributed by atoms with Crippen molar-refractivity contribution < 1.29 is 20.1 Å². The van der Waals surface area contributed by atoms with Crippen molar-refractivity contribution in [3.63, 3.8) is 0 Å². The number of aliphatic hydroxyl groups excluding tert-OH is 1. The molecule has 0 radical (unpaired) electrons. The Morgan fingerprint density at radius 1 is 1.44 bits per heavy atom. The Bertz CT molecular complexity index is 474. The van der Waals surface area contributed by atoms with Crippen LogP contribution in [0.5, 0.6) is 0 Å². The second-order valence-electron chi connectivity index (χ2n) is 4.04. The third-order valence-electron chi connectivity index (χ3n) is 2.93. The molecule has 0 fully saturated rings.